The Morgan fingerprint density at radius 1 is 1.13 bits per heavy atom. The zero-order valence-electron chi connectivity index (χ0n) is 13.3. The van der Waals surface area contributed by atoms with E-state index in [1.54, 1.807) is 25.1 Å². The van der Waals surface area contributed by atoms with Crippen LogP contribution in [0.4, 0.5) is 4.79 Å². The number of carbonyl (C=O) groups is 3. The molecule has 3 amide bonds. The molecular formula is C17H22N2O4. The number of aryl methyl sites for hydroxylation is 1. The van der Waals surface area contributed by atoms with Crippen molar-refractivity contribution >= 4 is 17.9 Å². The molecule has 6 nitrogen and oxygen atoms in total. The first-order valence-electron chi connectivity index (χ1n) is 7.89. The Balaban J connectivity index is 1.73. The minimum Gasteiger partial charge on any atom is -0.452 e. The van der Waals surface area contributed by atoms with E-state index in [4.69, 9.17) is 4.74 Å². The van der Waals surface area contributed by atoms with Crippen LogP contribution in [0, 0.1) is 6.92 Å². The zero-order chi connectivity index (χ0) is 16.7. The van der Waals surface area contributed by atoms with Crippen LogP contribution in [0.2, 0.25) is 0 Å². The average Bonchev–Trinajstić information content (AvgIpc) is 2.54. The van der Waals surface area contributed by atoms with Gasteiger partial charge in [-0.1, -0.05) is 37.5 Å². The second-order valence-corrected chi connectivity index (χ2v) is 5.75. The lowest BCUT2D eigenvalue weighted by atomic mass is 9.96. The van der Waals surface area contributed by atoms with E-state index >= 15 is 0 Å². The molecule has 1 fully saturated rings. The molecule has 0 spiro atoms. The number of urea groups is 1. The molecule has 1 aromatic carbocycles. The van der Waals surface area contributed by atoms with Gasteiger partial charge in [0.15, 0.2) is 6.61 Å². The maximum atomic E-state index is 11.9. The molecule has 0 aliphatic heterocycles. The van der Waals surface area contributed by atoms with Crippen molar-refractivity contribution in [1.82, 2.24) is 10.6 Å². The Morgan fingerprint density at radius 3 is 2.52 bits per heavy atom. The summed E-state index contributed by atoms with van der Waals surface area (Å²) in [5.41, 5.74) is 1.18. The minimum atomic E-state index is -0.639. The van der Waals surface area contributed by atoms with Crippen molar-refractivity contribution in [2.24, 2.45) is 0 Å². The van der Waals surface area contributed by atoms with Crippen molar-refractivity contribution in [3.05, 3.63) is 35.4 Å². The van der Waals surface area contributed by atoms with E-state index in [0.29, 0.717) is 5.56 Å². The van der Waals surface area contributed by atoms with E-state index in [-0.39, 0.29) is 6.04 Å². The first-order valence-corrected chi connectivity index (χ1v) is 7.89. The van der Waals surface area contributed by atoms with Gasteiger partial charge in [-0.3, -0.25) is 10.1 Å². The summed E-state index contributed by atoms with van der Waals surface area (Å²) in [5, 5.41) is 4.95. The number of nitrogens with one attached hydrogen (secondary N) is 2. The van der Waals surface area contributed by atoms with Crippen LogP contribution in [0.5, 0.6) is 0 Å². The van der Waals surface area contributed by atoms with Crippen molar-refractivity contribution in [1.29, 1.82) is 0 Å². The summed E-state index contributed by atoms with van der Waals surface area (Å²) in [6.45, 7) is 1.31. The van der Waals surface area contributed by atoms with Gasteiger partial charge in [-0.25, -0.2) is 9.59 Å². The summed E-state index contributed by atoms with van der Waals surface area (Å²) in [4.78, 5) is 35.2. The highest BCUT2D eigenvalue weighted by molar-refractivity contribution is 5.97. The summed E-state index contributed by atoms with van der Waals surface area (Å²) < 4.78 is 4.93. The SMILES string of the molecule is Cc1ccccc1C(=O)OCC(=O)NC(=O)NC1CCCCC1. The van der Waals surface area contributed by atoms with Crippen molar-refractivity contribution in [2.75, 3.05) is 6.61 Å². The lowest BCUT2D eigenvalue weighted by molar-refractivity contribution is -0.123. The third-order valence-electron chi connectivity index (χ3n) is 3.89. The fourth-order valence-corrected chi connectivity index (χ4v) is 2.64. The molecule has 0 heterocycles. The predicted molar refractivity (Wildman–Crippen MR) is 85.0 cm³/mol. The summed E-state index contributed by atoms with van der Waals surface area (Å²) in [7, 11) is 0. The molecule has 23 heavy (non-hydrogen) atoms. The van der Waals surface area contributed by atoms with Crippen LogP contribution in [-0.4, -0.2) is 30.6 Å². The second kappa shape index (κ2) is 8.31. The van der Waals surface area contributed by atoms with Gasteiger partial charge < -0.3 is 10.1 Å². The molecule has 0 saturated heterocycles. The van der Waals surface area contributed by atoms with Crippen LogP contribution in [0.25, 0.3) is 0 Å². The fraction of sp³-hybridized carbons (Fsp3) is 0.471. The van der Waals surface area contributed by atoms with Crippen molar-refractivity contribution in [3.63, 3.8) is 0 Å². The first kappa shape index (κ1) is 17.0. The number of rotatable bonds is 4. The van der Waals surface area contributed by atoms with Crippen LogP contribution in [0.15, 0.2) is 24.3 Å². The fourth-order valence-electron chi connectivity index (χ4n) is 2.64. The van der Waals surface area contributed by atoms with E-state index in [1.807, 2.05) is 6.07 Å². The van der Waals surface area contributed by atoms with E-state index in [2.05, 4.69) is 10.6 Å². The highest BCUT2D eigenvalue weighted by atomic mass is 16.5. The highest BCUT2D eigenvalue weighted by Crippen LogP contribution is 2.17. The molecule has 0 aromatic heterocycles. The molecule has 1 saturated carbocycles. The molecule has 124 valence electrons. The van der Waals surface area contributed by atoms with Gasteiger partial charge >= 0.3 is 12.0 Å². The molecule has 1 aliphatic rings. The normalized spacial score (nSPS) is 14.8. The zero-order valence-corrected chi connectivity index (χ0v) is 13.3. The number of esters is 1. The Kier molecular flexibility index (Phi) is 6.14. The number of benzene rings is 1. The summed E-state index contributed by atoms with van der Waals surface area (Å²) in [5.74, 6) is -1.22. The molecule has 0 radical (unpaired) electrons. The lowest BCUT2D eigenvalue weighted by Gasteiger charge is -2.22. The van der Waals surface area contributed by atoms with Gasteiger partial charge in [-0.2, -0.15) is 0 Å². The van der Waals surface area contributed by atoms with Gasteiger partial charge in [-0.15, -0.1) is 0 Å². The molecule has 2 N–H and O–H groups in total. The number of carbonyl (C=O) groups excluding carboxylic acids is 3. The van der Waals surface area contributed by atoms with Crippen LogP contribution in [0.3, 0.4) is 0 Å². The van der Waals surface area contributed by atoms with Crippen LogP contribution in [-0.2, 0) is 9.53 Å². The van der Waals surface area contributed by atoms with Crippen LogP contribution < -0.4 is 10.6 Å². The van der Waals surface area contributed by atoms with E-state index in [9.17, 15) is 14.4 Å². The molecular weight excluding hydrogens is 296 g/mol. The Morgan fingerprint density at radius 2 is 1.83 bits per heavy atom. The minimum absolute atomic E-state index is 0.117. The molecule has 1 aromatic rings. The van der Waals surface area contributed by atoms with Gasteiger partial charge in [0.2, 0.25) is 0 Å². The number of amides is 3. The molecule has 6 heteroatoms. The number of hydrogen-bond donors (Lipinski definition) is 2. The van der Waals surface area contributed by atoms with E-state index < -0.39 is 24.5 Å². The monoisotopic (exact) mass is 318 g/mol. The number of imide groups is 1. The van der Waals surface area contributed by atoms with E-state index in [1.165, 1.54) is 6.42 Å². The molecule has 0 unspecified atom stereocenters. The summed E-state index contributed by atoms with van der Waals surface area (Å²) in [6.07, 6.45) is 5.24. The van der Waals surface area contributed by atoms with Crippen molar-refractivity contribution < 1.29 is 19.1 Å². The predicted octanol–water partition coefficient (Wildman–Crippen LogP) is 2.31. The average molecular weight is 318 g/mol. The molecule has 0 atom stereocenters. The van der Waals surface area contributed by atoms with Crippen LogP contribution >= 0.6 is 0 Å². The Bertz CT molecular complexity index is 580. The van der Waals surface area contributed by atoms with Gasteiger partial charge in [-0.05, 0) is 31.4 Å². The largest absolute Gasteiger partial charge is 0.452 e. The van der Waals surface area contributed by atoms with Gasteiger partial charge in [0.05, 0.1) is 5.56 Å². The number of hydrogen-bond acceptors (Lipinski definition) is 4. The maximum Gasteiger partial charge on any atom is 0.338 e. The molecule has 2 rings (SSSR count). The number of ether oxygens (including phenoxy) is 1. The Hall–Kier alpha value is -2.37. The lowest BCUT2D eigenvalue weighted by Crippen LogP contribution is -2.46. The van der Waals surface area contributed by atoms with Gasteiger partial charge in [0.25, 0.3) is 5.91 Å². The standard InChI is InChI=1S/C17H22N2O4/c1-12-7-5-6-10-14(12)16(21)23-11-15(20)19-17(22)18-13-8-3-2-4-9-13/h5-7,10,13H,2-4,8-9,11H2,1H3,(H2,18,19,20,22). The van der Waals surface area contributed by atoms with Gasteiger partial charge in [0, 0.05) is 6.04 Å². The summed E-state index contributed by atoms with van der Waals surface area (Å²) in [6, 6.07) is 6.54. The van der Waals surface area contributed by atoms with Crippen molar-refractivity contribution in [2.45, 2.75) is 45.1 Å². The topological polar surface area (TPSA) is 84.5 Å². The quantitative estimate of drug-likeness (QED) is 0.834. The third kappa shape index (κ3) is 5.39. The third-order valence-corrected chi connectivity index (χ3v) is 3.89. The first-order chi connectivity index (χ1) is 11.1. The smallest absolute Gasteiger partial charge is 0.338 e. The maximum absolute atomic E-state index is 11.9. The second-order valence-electron chi connectivity index (χ2n) is 5.75. The van der Waals surface area contributed by atoms with E-state index in [0.717, 1.165) is 31.2 Å². The highest BCUT2D eigenvalue weighted by Gasteiger charge is 2.18. The summed E-state index contributed by atoms with van der Waals surface area (Å²) >= 11 is 0. The molecule has 0 bridgehead atoms. The Labute approximate surface area is 135 Å². The molecule has 1 aliphatic carbocycles. The van der Waals surface area contributed by atoms with Crippen molar-refractivity contribution in [3.8, 4) is 0 Å². The van der Waals surface area contributed by atoms with Gasteiger partial charge in [0.1, 0.15) is 0 Å². The van der Waals surface area contributed by atoms with Crippen LogP contribution in [0.1, 0.15) is 48.0 Å².